The first kappa shape index (κ1) is 19.2. The molecule has 0 bridgehead atoms. The second-order valence-electron chi connectivity index (χ2n) is 7.43. The lowest BCUT2D eigenvalue weighted by molar-refractivity contribution is -0.124. The number of para-hydroxylation sites is 2. The number of nitrogens with zero attached hydrogens (tertiary/aromatic N) is 3. The Morgan fingerprint density at radius 2 is 1.86 bits per heavy atom. The zero-order valence-corrected chi connectivity index (χ0v) is 16.9. The highest BCUT2D eigenvalue weighted by Crippen LogP contribution is 2.36. The number of imidazole rings is 1. The van der Waals surface area contributed by atoms with Gasteiger partial charge in [-0.05, 0) is 42.7 Å². The number of fused-ring (bicyclic) bond motifs is 3. The summed E-state index contributed by atoms with van der Waals surface area (Å²) in [5.41, 5.74) is 3.70. The fourth-order valence-electron chi connectivity index (χ4n) is 3.83. The van der Waals surface area contributed by atoms with Crippen LogP contribution in [-0.4, -0.2) is 27.9 Å². The third kappa shape index (κ3) is 3.62. The summed E-state index contributed by atoms with van der Waals surface area (Å²) >= 11 is 0. The van der Waals surface area contributed by atoms with Crippen LogP contribution >= 0.6 is 0 Å². The van der Waals surface area contributed by atoms with Gasteiger partial charge in [0.2, 0.25) is 11.9 Å². The lowest BCUT2D eigenvalue weighted by Crippen LogP contribution is -2.32. The number of carbonyl (C=O) groups is 2. The monoisotopic (exact) mass is 390 g/mol. The van der Waals surface area contributed by atoms with E-state index in [1.54, 1.807) is 4.90 Å². The Balaban J connectivity index is 1.59. The third-order valence-corrected chi connectivity index (χ3v) is 5.44. The molecule has 4 rings (SSSR count). The Bertz CT molecular complexity index is 1040. The summed E-state index contributed by atoms with van der Waals surface area (Å²) in [7, 11) is 0. The molecule has 1 aliphatic heterocycles. The molecule has 3 aromatic rings. The molecule has 150 valence electrons. The molecule has 1 aromatic heterocycles. The maximum atomic E-state index is 13.1. The molecule has 2 aromatic carbocycles. The molecule has 0 fully saturated rings. The predicted molar refractivity (Wildman–Crippen MR) is 115 cm³/mol. The molecule has 0 saturated carbocycles. The van der Waals surface area contributed by atoms with Crippen LogP contribution in [0.25, 0.3) is 11.0 Å². The van der Waals surface area contributed by atoms with Crippen molar-refractivity contribution in [2.45, 2.75) is 45.6 Å². The molecular formula is C23H26N4O2. The summed E-state index contributed by atoms with van der Waals surface area (Å²) in [5.74, 6) is 0.423. The summed E-state index contributed by atoms with van der Waals surface area (Å²) in [6.45, 7) is 4.81. The van der Waals surface area contributed by atoms with Crippen molar-refractivity contribution >= 4 is 34.5 Å². The molecule has 0 radical (unpaired) electrons. The maximum Gasteiger partial charge on any atom is 0.253 e. The topological polar surface area (TPSA) is 67.2 Å². The minimum absolute atomic E-state index is 0.0526. The van der Waals surface area contributed by atoms with Crippen molar-refractivity contribution < 1.29 is 9.59 Å². The van der Waals surface area contributed by atoms with Crippen molar-refractivity contribution in [2.75, 3.05) is 16.8 Å². The molecular weight excluding hydrogens is 364 g/mol. The molecule has 0 saturated heterocycles. The van der Waals surface area contributed by atoms with E-state index >= 15 is 0 Å². The first-order valence-electron chi connectivity index (χ1n) is 10.3. The van der Waals surface area contributed by atoms with Crippen LogP contribution in [0.5, 0.6) is 0 Å². The normalized spacial score (nSPS) is 15.7. The van der Waals surface area contributed by atoms with E-state index in [0.717, 1.165) is 36.0 Å². The molecule has 1 N–H and O–H groups in total. The van der Waals surface area contributed by atoms with Crippen LogP contribution in [-0.2, 0) is 16.0 Å². The summed E-state index contributed by atoms with van der Waals surface area (Å²) in [4.78, 5) is 32.3. The lowest BCUT2D eigenvalue weighted by Gasteiger charge is -2.15. The van der Waals surface area contributed by atoms with Crippen LogP contribution in [0.2, 0.25) is 0 Å². The zero-order chi connectivity index (χ0) is 20.4. The van der Waals surface area contributed by atoms with Crippen molar-refractivity contribution in [2.24, 2.45) is 0 Å². The van der Waals surface area contributed by atoms with Gasteiger partial charge in [0, 0.05) is 12.2 Å². The fraction of sp³-hybridized carbons (Fsp3) is 0.348. The van der Waals surface area contributed by atoms with Crippen LogP contribution in [0, 0.1) is 0 Å². The number of rotatable bonds is 7. The van der Waals surface area contributed by atoms with Gasteiger partial charge >= 0.3 is 0 Å². The Morgan fingerprint density at radius 3 is 2.59 bits per heavy atom. The first-order chi connectivity index (χ1) is 14.1. The van der Waals surface area contributed by atoms with Crippen molar-refractivity contribution in [1.29, 1.82) is 0 Å². The van der Waals surface area contributed by atoms with Gasteiger partial charge in [-0.15, -0.1) is 0 Å². The summed E-state index contributed by atoms with van der Waals surface area (Å²) in [6, 6.07) is 15.0. The molecule has 0 aliphatic carbocycles. The largest absolute Gasteiger partial charge is 0.326 e. The first-order valence-corrected chi connectivity index (χ1v) is 10.3. The lowest BCUT2D eigenvalue weighted by atomic mass is 10.1. The number of hydrogen-bond acceptors (Lipinski definition) is 3. The van der Waals surface area contributed by atoms with Gasteiger partial charge in [-0.25, -0.2) is 4.98 Å². The minimum Gasteiger partial charge on any atom is -0.326 e. The van der Waals surface area contributed by atoms with E-state index in [2.05, 4.69) is 24.1 Å². The second-order valence-corrected chi connectivity index (χ2v) is 7.43. The van der Waals surface area contributed by atoms with Gasteiger partial charge in [0.1, 0.15) is 6.04 Å². The van der Waals surface area contributed by atoms with Crippen molar-refractivity contribution in [1.82, 2.24) is 9.55 Å². The Hall–Kier alpha value is -3.15. The van der Waals surface area contributed by atoms with Crippen molar-refractivity contribution in [3.8, 4) is 0 Å². The molecule has 0 unspecified atom stereocenters. The van der Waals surface area contributed by atoms with Gasteiger partial charge in [0.25, 0.3) is 5.91 Å². The highest BCUT2D eigenvalue weighted by Gasteiger charge is 2.40. The number of benzene rings is 2. The predicted octanol–water partition coefficient (Wildman–Crippen LogP) is 4.32. The van der Waals surface area contributed by atoms with Crippen LogP contribution in [0.1, 0.15) is 44.7 Å². The van der Waals surface area contributed by atoms with Crippen LogP contribution in [0.4, 0.5) is 11.6 Å². The van der Waals surface area contributed by atoms with Gasteiger partial charge in [0.15, 0.2) is 0 Å². The molecule has 2 heterocycles. The van der Waals surface area contributed by atoms with Gasteiger partial charge in [-0.1, -0.05) is 44.5 Å². The smallest absolute Gasteiger partial charge is 0.253 e. The maximum absolute atomic E-state index is 13.1. The second kappa shape index (κ2) is 8.07. The van der Waals surface area contributed by atoms with E-state index < -0.39 is 6.04 Å². The van der Waals surface area contributed by atoms with E-state index in [-0.39, 0.29) is 18.2 Å². The summed E-state index contributed by atoms with van der Waals surface area (Å²) in [5, 5.41) is 2.93. The molecule has 1 aliphatic rings. The number of aromatic nitrogens is 2. The third-order valence-electron chi connectivity index (χ3n) is 5.44. The number of hydrogen-bond donors (Lipinski definition) is 1. The summed E-state index contributed by atoms with van der Waals surface area (Å²) in [6.07, 6.45) is 2.93. The molecule has 6 nitrogen and oxygen atoms in total. The van der Waals surface area contributed by atoms with E-state index in [1.807, 2.05) is 53.1 Å². The quantitative estimate of drug-likeness (QED) is 0.653. The van der Waals surface area contributed by atoms with E-state index in [4.69, 9.17) is 0 Å². The molecule has 6 heteroatoms. The average Bonchev–Trinajstić information content (AvgIpc) is 3.22. The molecule has 1 atom stereocenters. The number of amides is 2. The van der Waals surface area contributed by atoms with E-state index in [1.165, 1.54) is 5.56 Å². The Kier molecular flexibility index (Phi) is 5.34. The van der Waals surface area contributed by atoms with Gasteiger partial charge in [-0.2, -0.15) is 0 Å². The number of carbonyl (C=O) groups excluding carboxylic acids is 2. The Labute approximate surface area is 170 Å². The van der Waals surface area contributed by atoms with Crippen LogP contribution in [0.15, 0.2) is 48.5 Å². The van der Waals surface area contributed by atoms with Gasteiger partial charge in [0.05, 0.1) is 17.5 Å². The Morgan fingerprint density at radius 1 is 1.10 bits per heavy atom. The average molecular weight is 390 g/mol. The molecule has 29 heavy (non-hydrogen) atoms. The van der Waals surface area contributed by atoms with Crippen LogP contribution in [0.3, 0.4) is 0 Å². The summed E-state index contributed by atoms with van der Waals surface area (Å²) < 4.78 is 1.92. The number of aryl methyl sites for hydroxylation is 1. The SMILES string of the molecule is CCCCN1C(=O)[C@@H](CC(=O)Nc2ccc(CC)cc2)n2c1nc1ccccc12. The van der Waals surface area contributed by atoms with E-state index in [0.29, 0.717) is 12.5 Å². The van der Waals surface area contributed by atoms with Crippen molar-refractivity contribution in [3.05, 3.63) is 54.1 Å². The number of nitrogens with one attached hydrogen (secondary N) is 1. The fourth-order valence-corrected chi connectivity index (χ4v) is 3.83. The standard InChI is InChI=1S/C23H26N4O2/c1-3-5-14-26-22(29)20(27-19-9-7-6-8-18(19)25-23(26)27)15-21(28)24-17-12-10-16(4-2)11-13-17/h6-13,20H,3-5,14-15H2,1-2H3,(H,24,28)/t20-/m1/s1. The minimum atomic E-state index is -0.566. The van der Waals surface area contributed by atoms with Crippen molar-refractivity contribution in [3.63, 3.8) is 0 Å². The zero-order valence-electron chi connectivity index (χ0n) is 16.9. The van der Waals surface area contributed by atoms with Gasteiger partial charge in [-0.3, -0.25) is 19.1 Å². The highest BCUT2D eigenvalue weighted by atomic mass is 16.2. The highest BCUT2D eigenvalue weighted by molar-refractivity contribution is 6.05. The number of unbranched alkanes of at least 4 members (excludes halogenated alkanes) is 1. The van der Waals surface area contributed by atoms with Crippen LogP contribution < -0.4 is 10.2 Å². The molecule has 0 spiro atoms. The molecule has 2 amide bonds. The number of anilines is 2. The van der Waals surface area contributed by atoms with Gasteiger partial charge < -0.3 is 5.32 Å². The van der Waals surface area contributed by atoms with E-state index in [9.17, 15) is 9.59 Å².